The number of aryl methyl sites for hydroxylation is 1. The quantitative estimate of drug-likeness (QED) is 0.773. The summed E-state index contributed by atoms with van der Waals surface area (Å²) in [5.74, 6) is 0.915. The Labute approximate surface area is 96.9 Å². The number of benzene rings is 1. The van der Waals surface area contributed by atoms with Crippen molar-refractivity contribution in [1.82, 2.24) is 0 Å². The monoisotopic (exact) mass is 215 g/mol. The van der Waals surface area contributed by atoms with E-state index in [4.69, 9.17) is 10.00 Å². The van der Waals surface area contributed by atoms with E-state index in [1.54, 1.807) is 7.11 Å². The molecule has 0 aromatic heterocycles. The summed E-state index contributed by atoms with van der Waals surface area (Å²) < 4.78 is 5.35. The van der Waals surface area contributed by atoms with Gasteiger partial charge in [-0.25, -0.2) is 0 Å². The lowest BCUT2D eigenvalue weighted by Crippen LogP contribution is -2.04. The first-order valence-corrected chi connectivity index (χ1v) is 5.80. The average molecular weight is 215 g/mol. The topological polar surface area (TPSA) is 33.0 Å². The van der Waals surface area contributed by atoms with Crippen molar-refractivity contribution in [1.29, 1.82) is 5.26 Å². The van der Waals surface area contributed by atoms with E-state index in [2.05, 4.69) is 25.1 Å². The molecule has 2 heteroatoms. The maximum Gasteiger partial charge on any atom is 0.122 e. The first kappa shape index (κ1) is 11.0. The highest BCUT2D eigenvalue weighted by Gasteiger charge is 2.43. The van der Waals surface area contributed by atoms with Crippen molar-refractivity contribution in [3.63, 3.8) is 0 Å². The van der Waals surface area contributed by atoms with Gasteiger partial charge in [0.1, 0.15) is 5.75 Å². The number of methoxy groups -OCH3 is 1. The summed E-state index contributed by atoms with van der Waals surface area (Å²) >= 11 is 0. The highest BCUT2D eigenvalue weighted by atomic mass is 16.5. The van der Waals surface area contributed by atoms with Crippen LogP contribution >= 0.6 is 0 Å². The van der Waals surface area contributed by atoms with Gasteiger partial charge in [0, 0.05) is 0 Å². The molecule has 1 fully saturated rings. The zero-order valence-corrected chi connectivity index (χ0v) is 9.92. The van der Waals surface area contributed by atoms with Crippen LogP contribution in [0.4, 0.5) is 0 Å². The van der Waals surface area contributed by atoms with Crippen molar-refractivity contribution in [2.24, 2.45) is 5.41 Å². The van der Waals surface area contributed by atoms with Crippen molar-refractivity contribution < 1.29 is 4.74 Å². The Morgan fingerprint density at radius 2 is 2.19 bits per heavy atom. The molecule has 0 amide bonds. The van der Waals surface area contributed by atoms with E-state index in [0.29, 0.717) is 0 Å². The summed E-state index contributed by atoms with van der Waals surface area (Å²) in [6, 6.07) is 8.72. The van der Waals surface area contributed by atoms with Crippen molar-refractivity contribution in [3.05, 3.63) is 29.3 Å². The van der Waals surface area contributed by atoms with Gasteiger partial charge in [0.2, 0.25) is 0 Å². The molecule has 1 aliphatic rings. The zero-order chi connectivity index (χ0) is 11.6. The number of hydrogen-bond donors (Lipinski definition) is 0. The Balaban J connectivity index is 2.27. The Bertz CT molecular complexity index is 427. The smallest absolute Gasteiger partial charge is 0.122 e. The second-order valence-corrected chi connectivity index (χ2v) is 4.57. The van der Waals surface area contributed by atoms with E-state index in [0.717, 1.165) is 31.4 Å². The van der Waals surface area contributed by atoms with Crippen LogP contribution in [0.2, 0.25) is 0 Å². The van der Waals surface area contributed by atoms with E-state index in [9.17, 15) is 0 Å². The van der Waals surface area contributed by atoms with Gasteiger partial charge in [0.15, 0.2) is 0 Å². The number of rotatable bonds is 4. The van der Waals surface area contributed by atoms with Crippen molar-refractivity contribution in [3.8, 4) is 11.8 Å². The predicted octanol–water partition coefficient (Wildman–Crippen LogP) is 3.10. The molecule has 1 aliphatic carbocycles. The number of ether oxygens (including phenoxy) is 1. The normalized spacial score (nSPS) is 16.6. The van der Waals surface area contributed by atoms with Crippen LogP contribution < -0.4 is 4.74 Å². The maximum absolute atomic E-state index is 9.12. The summed E-state index contributed by atoms with van der Waals surface area (Å²) in [5, 5.41) is 9.12. The third kappa shape index (κ3) is 2.04. The Kier molecular flexibility index (Phi) is 2.87. The van der Waals surface area contributed by atoms with Gasteiger partial charge in [-0.05, 0) is 42.9 Å². The highest BCUT2D eigenvalue weighted by Crippen LogP contribution is 2.48. The predicted molar refractivity (Wildman–Crippen MR) is 63.4 cm³/mol. The molecule has 0 atom stereocenters. The van der Waals surface area contributed by atoms with Gasteiger partial charge >= 0.3 is 0 Å². The Hall–Kier alpha value is -1.49. The second-order valence-electron chi connectivity index (χ2n) is 4.57. The molecule has 0 N–H and O–H groups in total. The lowest BCUT2D eigenvalue weighted by Gasteiger charge is -2.12. The van der Waals surface area contributed by atoms with Crippen molar-refractivity contribution in [2.45, 2.75) is 32.6 Å². The van der Waals surface area contributed by atoms with Crippen LogP contribution in [-0.4, -0.2) is 7.11 Å². The van der Waals surface area contributed by atoms with E-state index in [-0.39, 0.29) is 5.41 Å². The van der Waals surface area contributed by atoms with Crippen LogP contribution in [0.15, 0.2) is 18.2 Å². The third-order valence-corrected chi connectivity index (χ3v) is 3.37. The zero-order valence-electron chi connectivity index (χ0n) is 9.92. The molecule has 0 spiro atoms. The number of nitrogens with zero attached hydrogens (tertiary/aromatic N) is 1. The van der Waals surface area contributed by atoms with Gasteiger partial charge in [-0.2, -0.15) is 5.26 Å². The molecule has 0 bridgehead atoms. The first-order valence-electron chi connectivity index (χ1n) is 5.80. The second kappa shape index (κ2) is 4.17. The lowest BCUT2D eigenvalue weighted by atomic mass is 9.95. The molecule has 0 saturated heterocycles. The lowest BCUT2D eigenvalue weighted by molar-refractivity contribution is 0.406. The molecule has 16 heavy (non-hydrogen) atoms. The third-order valence-electron chi connectivity index (χ3n) is 3.37. The van der Waals surface area contributed by atoms with E-state index >= 15 is 0 Å². The molecule has 1 saturated carbocycles. The van der Waals surface area contributed by atoms with Gasteiger partial charge in [-0.1, -0.05) is 19.1 Å². The maximum atomic E-state index is 9.12. The van der Waals surface area contributed by atoms with Gasteiger partial charge < -0.3 is 4.74 Å². The molecule has 0 unspecified atom stereocenters. The molecule has 1 aromatic carbocycles. The Morgan fingerprint density at radius 3 is 2.69 bits per heavy atom. The number of nitriles is 1. The fourth-order valence-electron chi connectivity index (χ4n) is 2.03. The number of hydrogen-bond acceptors (Lipinski definition) is 2. The minimum Gasteiger partial charge on any atom is -0.496 e. The SMILES string of the molecule is CCc1ccc(OC)c(CC2(C#N)CC2)c1. The summed E-state index contributed by atoms with van der Waals surface area (Å²) in [6.45, 7) is 2.14. The summed E-state index contributed by atoms with van der Waals surface area (Å²) in [7, 11) is 1.69. The van der Waals surface area contributed by atoms with Crippen molar-refractivity contribution in [2.75, 3.05) is 7.11 Å². The fourth-order valence-corrected chi connectivity index (χ4v) is 2.03. The van der Waals surface area contributed by atoms with Crippen LogP contribution in [0.3, 0.4) is 0 Å². The molecule has 1 aromatic rings. The molecule has 0 heterocycles. The molecule has 0 aliphatic heterocycles. The highest BCUT2D eigenvalue weighted by molar-refractivity contribution is 5.39. The van der Waals surface area contributed by atoms with Crippen LogP contribution in [-0.2, 0) is 12.8 Å². The standard InChI is InChI=1S/C14H17NO/c1-3-11-4-5-13(16-2)12(8-11)9-14(10-15)6-7-14/h4-5,8H,3,6-7,9H2,1-2H3. The summed E-state index contributed by atoms with van der Waals surface area (Å²) in [6.07, 6.45) is 3.92. The minimum absolute atomic E-state index is 0.0976. The van der Waals surface area contributed by atoms with Crippen LogP contribution in [0.25, 0.3) is 0 Å². The van der Waals surface area contributed by atoms with E-state index in [1.807, 2.05) is 6.07 Å². The van der Waals surface area contributed by atoms with Gasteiger partial charge in [-0.3, -0.25) is 0 Å². The van der Waals surface area contributed by atoms with Gasteiger partial charge in [0.05, 0.1) is 18.6 Å². The van der Waals surface area contributed by atoms with E-state index < -0.39 is 0 Å². The van der Waals surface area contributed by atoms with Crippen LogP contribution in [0, 0.1) is 16.7 Å². The minimum atomic E-state index is -0.0976. The molecule has 2 rings (SSSR count). The summed E-state index contributed by atoms with van der Waals surface area (Å²) in [5.41, 5.74) is 2.39. The molecule has 84 valence electrons. The molecular weight excluding hydrogens is 198 g/mol. The van der Waals surface area contributed by atoms with Crippen molar-refractivity contribution >= 4 is 0 Å². The van der Waals surface area contributed by atoms with E-state index in [1.165, 1.54) is 11.1 Å². The summed E-state index contributed by atoms with van der Waals surface area (Å²) in [4.78, 5) is 0. The Morgan fingerprint density at radius 1 is 1.44 bits per heavy atom. The molecule has 0 radical (unpaired) electrons. The van der Waals surface area contributed by atoms with Crippen LogP contribution in [0.5, 0.6) is 5.75 Å². The fraction of sp³-hybridized carbons (Fsp3) is 0.500. The van der Waals surface area contributed by atoms with Gasteiger partial charge in [-0.15, -0.1) is 0 Å². The largest absolute Gasteiger partial charge is 0.496 e. The van der Waals surface area contributed by atoms with Crippen LogP contribution in [0.1, 0.15) is 30.9 Å². The molecular formula is C14H17NO. The first-order chi connectivity index (χ1) is 7.73. The van der Waals surface area contributed by atoms with Gasteiger partial charge in [0.25, 0.3) is 0 Å². The average Bonchev–Trinajstić information content (AvgIpc) is 3.09. The molecule has 2 nitrogen and oxygen atoms in total.